The lowest BCUT2D eigenvalue weighted by atomic mass is 10.1. The maximum Gasteiger partial charge on any atom is 0.242 e. The van der Waals surface area contributed by atoms with Gasteiger partial charge in [-0.15, -0.1) is 0 Å². The van der Waals surface area contributed by atoms with Crippen molar-refractivity contribution in [3.63, 3.8) is 0 Å². The lowest BCUT2D eigenvalue weighted by molar-refractivity contribution is 0.0902. The predicted octanol–water partition coefficient (Wildman–Crippen LogP) is 2.33. The Morgan fingerprint density at radius 1 is 1.48 bits per heavy atom. The van der Waals surface area contributed by atoms with E-state index in [0.29, 0.717) is 6.61 Å². The Morgan fingerprint density at radius 2 is 2.19 bits per heavy atom. The lowest BCUT2D eigenvalue weighted by Gasteiger charge is -2.20. The van der Waals surface area contributed by atoms with Crippen LogP contribution in [0.2, 0.25) is 10.0 Å². The molecule has 2 unspecified atom stereocenters. The zero-order chi connectivity index (χ0) is 15.6. The van der Waals surface area contributed by atoms with E-state index in [1.54, 1.807) is 6.92 Å². The van der Waals surface area contributed by atoms with Crippen LogP contribution in [0.15, 0.2) is 17.0 Å². The molecule has 0 radical (unpaired) electrons. The molecule has 0 spiro atoms. The minimum absolute atomic E-state index is 0.0195. The summed E-state index contributed by atoms with van der Waals surface area (Å²) in [6.07, 6.45) is 1.59. The Balaban J connectivity index is 2.28. The Hall–Kier alpha value is -0.370. The largest absolute Gasteiger partial charge is 0.392 e. The molecule has 5 nitrogen and oxygen atoms in total. The average molecular weight is 354 g/mol. The molecule has 2 rings (SSSR count). The zero-order valence-electron chi connectivity index (χ0n) is 11.5. The Bertz CT molecular complexity index is 615. The highest BCUT2D eigenvalue weighted by Gasteiger charge is 2.28. The molecule has 0 amide bonds. The van der Waals surface area contributed by atoms with Gasteiger partial charge in [0.2, 0.25) is 10.0 Å². The van der Waals surface area contributed by atoms with Crippen LogP contribution in [0.3, 0.4) is 0 Å². The summed E-state index contributed by atoms with van der Waals surface area (Å²) in [6, 6.07) is 2.34. The average Bonchev–Trinajstić information content (AvgIpc) is 2.94. The first-order valence-electron chi connectivity index (χ1n) is 6.58. The van der Waals surface area contributed by atoms with Crippen molar-refractivity contribution in [3.05, 3.63) is 27.7 Å². The number of aliphatic hydroxyl groups excluding tert-OH is 1. The van der Waals surface area contributed by atoms with Crippen LogP contribution in [0.4, 0.5) is 0 Å². The number of hydrogen-bond acceptors (Lipinski definition) is 4. The fourth-order valence-corrected chi connectivity index (χ4v) is 4.51. The summed E-state index contributed by atoms with van der Waals surface area (Å²) in [5, 5.41) is 9.39. The molecule has 0 bridgehead atoms. The van der Waals surface area contributed by atoms with Crippen LogP contribution in [0, 0.1) is 0 Å². The van der Waals surface area contributed by atoms with Crippen molar-refractivity contribution >= 4 is 33.2 Å². The van der Waals surface area contributed by atoms with Gasteiger partial charge >= 0.3 is 0 Å². The van der Waals surface area contributed by atoms with Crippen molar-refractivity contribution in [1.82, 2.24) is 4.72 Å². The molecule has 21 heavy (non-hydrogen) atoms. The van der Waals surface area contributed by atoms with Crippen LogP contribution in [0.5, 0.6) is 0 Å². The number of nitrogens with one attached hydrogen (secondary N) is 1. The molecule has 1 fully saturated rings. The molecular weight excluding hydrogens is 337 g/mol. The first-order chi connectivity index (χ1) is 9.85. The van der Waals surface area contributed by atoms with E-state index < -0.39 is 10.0 Å². The molecule has 1 aromatic rings. The van der Waals surface area contributed by atoms with Gasteiger partial charge in [0.05, 0.1) is 17.7 Å². The summed E-state index contributed by atoms with van der Waals surface area (Å²) in [4.78, 5) is -0.134. The van der Waals surface area contributed by atoms with Crippen LogP contribution >= 0.6 is 23.2 Å². The quantitative estimate of drug-likeness (QED) is 0.851. The standard InChI is InChI=1S/C13H17Cl2NO4S/c1-8(11-3-2-4-20-11)16-21(18,19)12-6-10(14)5-9(7-17)13(12)15/h5-6,8,11,16-17H,2-4,7H2,1H3. The maximum atomic E-state index is 12.4. The van der Waals surface area contributed by atoms with E-state index in [1.807, 2.05) is 0 Å². The summed E-state index contributed by atoms with van der Waals surface area (Å²) in [7, 11) is -3.84. The van der Waals surface area contributed by atoms with Gasteiger partial charge in [-0.05, 0) is 37.5 Å². The van der Waals surface area contributed by atoms with E-state index >= 15 is 0 Å². The highest BCUT2D eigenvalue weighted by molar-refractivity contribution is 7.89. The van der Waals surface area contributed by atoms with Gasteiger partial charge in [-0.1, -0.05) is 23.2 Å². The molecule has 0 aromatic heterocycles. The second-order valence-corrected chi connectivity index (χ2v) is 7.49. The van der Waals surface area contributed by atoms with Gasteiger partial charge in [-0.3, -0.25) is 0 Å². The number of aliphatic hydroxyl groups is 1. The molecule has 1 saturated heterocycles. The highest BCUT2D eigenvalue weighted by atomic mass is 35.5. The van der Waals surface area contributed by atoms with E-state index in [4.69, 9.17) is 27.9 Å². The molecule has 2 N–H and O–H groups in total. The van der Waals surface area contributed by atoms with Crippen molar-refractivity contribution in [1.29, 1.82) is 0 Å². The van der Waals surface area contributed by atoms with Gasteiger partial charge in [0.25, 0.3) is 0 Å². The third-order valence-corrected chi connectivity index (χ3v) is 5.76. The molecule has 1 heterocycles. The minimum Gasteiger partial charge on any atom is -0.392 e. The zero-order valence-corrected chi connectivity index (χ0v) is 13.8. The van der Waals surface area contributed by atoms with Gasteiger partial charge < -0.3 is 9.84 Å². The van der Waals surface area contributed by atoms with Gasteiger partial charge in [0, 0.05) is 17.7 Å². The van der Waals surface area contributed by atoms with E-state index in [0.717, 1.165) is 12.8 Å². The smallest absolute Gasteiger partial charge is 0.242 e. The SMILES string of the molecule is CC(NS(=O)(=O)c1cc(Cl)cc(CO)c1Cl)C1CCCO1. The van der Waals surface area contributed by atoms with Gasteiger partial charge in [0.15, 0.2) is 0 Å². The third kappa shape index (κ3) is 3.88. The number of benzene rings is 1. The highest BCUT2D eigenvalue weighted by Crippen LogP contribution is 2.30. The van der Waals surface area contributed by atoms with Crippen LogP contribution < -0.4 is 4.72 Å². The lowest BCUT2D eigenvalue weighted by Crippen LogP contribution is -2.40. The predicted molar refractivity (Wildman–Crippen MR) is 81.1 cm³/mol. The van der Waals surface area contributed by atoms with Crippen LogP contribution in [-0.2, 0) is 21.4 Å². The number of halogens is 2. The summed E-state index contributed by atoms with van der Waals surface area (Å²) in [5.41, 5.74) is 0.273. The maximum absolute atomic E-state index is 12.4. The Labute approximate surface area is 134 Å². The molecule has 0 aliphatic carbocycles. The fourth-order valence-electron chi connectivity index (χ4n) is 2.31. The Morgan fingerprint density at radius 3 is 2.76 bits per heavy atom. The van der Waals surface area contributed by atoms with E-state index in [1.165, 1.54) is 12.1 Å². The number of ether oxygens (including phenoxy) is 1. The fraction of sp³-hybridized carbons (Fsp3) is 0.538. The molecule has 8 heteroatoms. The van der Waals surface area contributed by atoms with Gasteiger partial charge in [-0.25, -0.2) is 13.1 Å². The molecule has 1 aliphatic heterocycles. The van der Waals surface area contributed by atoms with Gasteiger partial charge in [0.1, 0.15) is 4.90 Å². The second-order valence-electron chi connectivity index (χ2n) is 5.00. The van der Waals surface area contributed by atoms with Crippen molar-refractivity contribution < 1.29 is 18.3 Å². The first kappa shape index (κ1) is 17.0. The van der Waals surface area contributed by atoms with Crippen molar-refractivity contribution in [2.75, 3.05) is 6.61 Å². The summed E-state index contributed by atoms with van der Waals surface area (Å²) in [6.45, 7) is 2.01. The second kappa shape index (κ2) is 6.81. The van der Waals surface area contributed by atoms with Gasteiger partial charge in [-0.2, -0.15) is 0 Å². The van der Waals surface area contributed by atoms with Crippen molar-refractivity contribution in [2.45, 2.75) is 43.4 Å². The summed E-state index contributed by atoms with van der Waals surface area (Å²) >= 11 is 11.9. The molecule has 2 atom stereocenters. The minimum atomic E-state index is -3.84. The van der Waals surface area contributed by atoms with Crippen LogP contribution in [0.25, 0.3) is 0 Å². The molecule has 1 aromatic carbocycles. The van der Waals surface area contributed by atoms with Crippen LogP contribution in [-0.4, -0.2) is 32.3 Å². The van der Waals surface area contributed by atoms with Crippen LogP contribution in [0.1, 0.15) is 25.3 Å². The normalized spacial score (nSPS) is 20.7. The van der Waals surface area contributed by atoms with Crippen molar-refractivity contribution in [2.24, 2.45) is 0 Å². The topological polar surface area (TPSA) is 75.6 Å². The summed E-state index contributed by atoms with van der Waals surface area (Å²) in [5.74, 6) is 0. The number of hydrogen-bond donors (Lipinski definition) is 2. The van der Waals surface area contributed by atoms with Crippen molar-refractivity contribution in [3.8, 4) is 0 Å². The van der Waals surface area contributed by atoms with E-state index in [2.05, 4.69) is 4.72 Å². The monoisotopic (exact) mass is 353 g/mol. The molecule has 118 valence electrons. The third-order valence-electron chi connectivity index (χ3n) is 3.40. The van der Waals surface area contributed by atoms with E-state index in [9.17, 15) is 13.5 Å². The molecule has 1 aliphatic rings. The van der Waals surface area contributed by atoms with E-state index in [-0.39, 0.29) is 39.3 Å². The summed E-state index contributed by atoms with van der Waals surface area (Å²) < 4.78 is 32.9. The first-order valence-corrected chi connectivity index (χ1v) is 8.82. The molecule has 0 saturated carbocycles. The Kier molecular flexibility index (Phi) is 5.51. The molecular formula is C13H17Cl2NO4S. The number of sulfonamides is 1. The number of rotatable bonds is 5.